The Balaban J connectivity index is 2.13. The summed E-state index contributed by atoms with van der Waals surface area (Å²) >= 11 is 0. The van der Waals surface area contributed by atoms with E-state index in [0.29, 0.717) is 6.04 Å². The normalized spacial score (nSPS) is 16.5. The predicted molar refractivity (Wildman–Crippen MR) is 66.6 cm³/mol. The monoisotopic (exact) mass is 230 g/mol. The molecular weight excluding hydrogens is 212 g/mol. The standard InChI is InChI=1S/C13H18N4/c1-2-17(11-6-4-3-5-7-11)12-9-15-13(8-14)16-10-12/h9-11H,2-7H2,1H3. The number of rotatable bonds is 3. The number of hydrogen-bond acceptors (Lipinski definition) is 4. The van der Waals surface area contributed by atoms with Crippen LogP contribution in [-0.4, -0.2) is 22.6 Å². The second-order valence-corrected chi connectivity index (χ2v) is 4.45. The van der Waals surface area contributed by atoms with Crippen LogP contribution in [0.4, 0.5) is 5.69 Å². The molecule has 0 radical (unpaired) electrons. The molecule has 0 bridgehead atoms. The van der Waals surface area contributed by atoms with Crippen molar-refractivity contribution in [2.75, 3.05) is 11.4 Å². The Morgan fingerprint density at radius 1 is 1.29 bits per heavy atom. The molecule has 0 amide bonds. The van der Waals surface area contributed by atoms with Crippen LogP contribution in [-0.2, 0) is 0 Å². The van der Waals surface area contributed by atoms with Gasteiger partial charge >= 0.3 is 0 Å². The van der Waals surface area contributed by atoms with Crippen molar-refractivity contribution in [3.63, 3.8) is 0 Å². The average Bonchev–Trinajstić information content (AvgIpc) is 2.42. The van der Waals surface area contributed by atoms with E-state index in [1.54, 1.807) is 12.4 Å². The fourth-order valence-electron chi connectivity index (χ4n) is 2.57. The zero-order valence-electron chi connectivity index (χ0n) is 10.3. The van der Waals surface area contributed by atoms with Crippen molar-refractivity contribution < 1.29 is 0 Å². The molecule has 0 spiro atoms. The summed E-state index contributed by atoms with van der Waals surface area (Å²) in [5.41, 5.74) is 1.04. The van der Waals surface area contributed by atoms with Gasteiger partial charge in [-0.05, 0) is 19.8 Å². The molecule has 2 rings (SSSR count). The fraction of sp³-hybridized carbons (Fsp3) is 0.615. The Bertz CT molecular complexity index is 387. The molecule has 1 aromatic heterocycles. The maximum Gasteiger partial charge on any atom is 0.232 e. The summed E-state index contributed by atoms with van der Waals surface area (Å²) < 4.78 is 0. The van der Waals surface area contributed by atoms with Gasteiger partial charge in [0.1, 0.15) is 6.07 Å². The van der Waals surface area contributed by atoms with Crippen LogP contribution < -0.4 is 4.90 Å². The molecule has 0 aromatic carbocycles. The van der Waals surface area contributed by atoms with Gasteiger partial charge in [0.25, 0.3) is 0 Å². The molecule has 4 heteroatoms. The van der Waals surface area contributed by atoms with Crippen LogP contribution in [0.3, 0.4) is 0 Å². The molecule has 1 saturated carbocycles. The van der Waals surface area contributed by atoms with Gasteiger partial charge in [-0.3, -0.25) is 0 Å². The van der Waals surface area contributed by atoms with E-state index < -0.39 is 0 Å². The first kappa shape index (κ1) is 11.8. The van der Waals surface area contributed by atoms with E-state index >= 15 is 0 Å². The van der Waals surface area contributed by atoms with Crippen LogP contribution in [0.1, 0.15) is 44.9 Å². The van der Waals surface area contributed by atoms with Gasteiger partial charge in [-0.15, -0.1) is 0 Å². The van der Waals surface area contributed by atoms with Crippen LogP contribution in [0.25, 0.3) is 0 Å². The average molecular weight is 230 g/mol. The lowest BCUT2D eigenvalue weighted by Crippen LogP contribution is -2.36. The van der Waals surface area contributed by atoms with Gasteiger partial charge in [0.05, 0.1) is 18.1 Å². The first-order valence-corrected chi connectivity index (χ1v) is 6.34. The molecule has 17 heavy (non-hydrogen) atoms. The molecule has 0 aliphatic heterocycles. The van der Waals surface area contributed by atoms with E-state index in [4.69, 9.17) is 5.26 Å². The van der Waals surface area contributed by atoms with Gasteiger partial charge < -0.3 is 4.90 Å². The number of aromatic nitrogens is 2. The zero-order valence-corrected chi connectivity index (χ0v) is 10.3. The van der Waals surface area contributed by atoms with E-state index in [2.05, 4.69) is 21.8 Å². The molecule has 0 unspecified atom stereocenters. The summed E-state index contributed by atoms with van der Waals surface area (Å²) in [5.74, 6) is 0.244. The lowest BCUT2D eigenvalue weighted by atomic mass is 9.94. The maximum absolute atomic E-state index is 8.68. The summed E-state index contributed by atoms with van der Waals surface area (Å²) in [7, 11) is 0. The van der Waals surface area contributed by atoms with Crippen molar-refractivity contribution in [3.05, 3.63) is 18.2 Å². The second kappa shape index (κ2) is 5.62. The molecule has 4 nitrogen and oxygen atoms in total. The zero-order chi connectivity index (χ0) is 12.1. The Labute approximate surface area is 102 Å². The molecule has 1 aliphatic carbocycles. The van der Waals surface area contributed by atoms with E-state index in [1.165, 1.54) is 32.1 Å². The highest BCUT2D eigenvalue weighted by molar-refractivity contribution is 5.43. The summed E-state index contributed by atoms with van der Waals surface area (Å²) in [4.78, 5) is 10.5. The Morgan fingerprint density at radius 2 is 1.94 bits per heavy atom. The van der Waals surface area contributed by atoms with Crippen molar-refractivity contribution >= 4 is 5.69 Å². The largest absolute Gasteiger partial charge is 0.366 e. The summed E-state index contributed by atoms with van der Waals surface area (Å²) in [6.45, 7) is 3.13. The lowest BCUT2D eigenvalue weighted by Gasteiger charge is -2.34. The van der Waals surface area contributed by atoms with Crippen LogP contribution in [0.15, 0.2) is 12.4 Å². The number of nitrogens with zero attached hydrogens (tertiary/aromatic N) is 4. The van der Waals surface area contributed by atoms with Gasteiger partial charge in [-0.2, -0.15) is 5.26 Å². The third-order valence-electron chi connectivity index (χ3n) is 3.43. The summed E-state index contributed by atoms with van der Waals surface area (Å²) in [6, 6.07) is 2.57. The van der Waals surface area contributed by atoms with Crippen LogP contribution >= 0.6 is 0 Å². The summed E-state index contributed by atoms with van der Waals surface area (Å²) in [6.07, 6.45) is 10.0. The third-order valence-corrected chi connectivity index (χ3v) is 3.43. The first-order chi connectivity index (χ1) is 8.35. The third kappa shape index (κ3) is 2.73. The molecule has 1 aromatic rings. The topological polar surface area (TPSA) is 52.8 Å². The molecule has 1 heterocycles. The van der Waals surface area contributed by atoms with E-state index in [1.807, 2.05) is 6.07 Å². The van der Waals surface area contributed by atoms with E-state index in [-0.39, 0.29) is 5.82 Å². The van der Waals surface area contributed by atoms with Crippen LogP contribution in [0.2, 0.25) is 0 Å². The van der Waals surface area contributed by atoms with E-state index in [0.717, 1.165) is 12.2 Å². The van der Waals surface area contributed by atoms with Crippen molar-refractivity contribution in [3.8, 4) is 6.07 Å². The van der Waals surface area contributed by atoms with Crippen molar-refractivity contribution in [1.29, 1.82) is 5.26 Å². The van der Waals surface area contributed by atoms with Gasteiger partial charge in [0.2, 0.25) is 5.82 Å². The van der Waals surface area contributed by atoms with Crippen molar-refractivity contribution in [2.45, 2.75) is 45.1 Å². The molecular formula is C13H18N4. The van der Waals surface area contributed by atoms with Gasteiger partial charge in [-0.25, -0.2) is 9.97 Å². The van der Waals surface area contributed by atoms with Gasteiger partial charge in [0.15, 0.2) is 0 Å². The highest BCUT2D eigenvalue weighted by Gasteiger charge is 2.20. The van der Waals surface area contributed by atoms with Gasteiger partial charge in [0, 0.05) is 12.6 Å². The smallest absolute Gasteiger partial charge is 0.232 e. The minimum atomic E-state index is 0.244. The molecule has 0 saturated heterocycles. The minimum absolute atomic E-state index is 0.244. The Hall–Kier alpha value is -1.63. The van der Waals surface area contributed by atoms with Gasteiger partial charge in [-0.1, -0.05) is 19.3 Å². The first-order valence-electron chi connectivity index (χ1n) is 6.34. The fourth-order valence-corrected chi connectivity index (χ4v) is 2.57. The number of nitriles is 1. The predicted octanol–water partition coefficient (Wildman–Crippen LogP) is 2.51. The van der Waals surface area contributed by atoms with Crippen LogP contribution in [0, 0.1) is 11.3 Å². The number of anilines is 1. The summed E-state index contributed by atoms with van der Waals surface area (Å²) in [5, 5.41) is 8.68. The lowest BCUT2D eigenvalue weighted by molar-refractivity contribution is 0.417. The van der Waals surface area contributed by atoms with Crippen molar-refractivity contribution in [2.24, 2.45) is 0 Å². The highest BCUT2D eigenvalue weighted by Crippen LogP contribution is 2.26. The number of hydrogen-bond donors (Lipinski definition) is 0. The molecule has 90 valence electrons. The Morgan fingerprint density at radius 3 is 2.47 bits per heavy atom. The molecule has 1 fully saturated rings. The van der Waals surface area contributed by atoms with Crippen LogP contribution in [0.5, 0.6) is 0 Å². The second-order valence-electron chi connectivity index (χ2n) is 4.45. The molecule has 0 atom stereocenters. The quantitative estimate of drug-likeness (QED) is 0.800. The molecule has 1 aliphatic rings. The Kier molecular flexibility index (Phi) is 3.92. The maximum atomic E-state index is 8.68. The highest BCUT2D eigenvalue weighted by atomic mass is 15.2. The minimum Gasteiger partial charge on any atom is -0.366 e. The van der Waals surface area contributed by atoms with E-state index in [9.17, 15) is 0 Å². The SMILES string of the molecule is CCN(c1cnc(C#N)nc1)C1CCCCC1. The molecule has 0 N–H and O–H groups in total. The van der Waals surface area contributed by atoms with Crippen molar-refractivity contribution in [1.82, 2.24) is 9.97 Å².